The van der Waals surface area contributed by atoms with Gasteiger partial charge in [-0.1, -0.05) is 54.6 Å². The zero-order valence-electron chi connectivity index (χ0n) is 18.0. The van der Waals surface area contributed by atoms with Crippen molar-refractivity contribution in [3.63, 3.8) is 0 Å². The number of carbonyl (C=O) groups excluding carboxylic acids is 1. The van der Waals surface area contributed by atoms with Gasteiger partial charge in [-0.3, -0.25) is 9.78 Å². The minimum absolute atomic E-state index is 0.154. The van der Waals surface area contributed by atoms with Crippen LogP contribution in [0.25, 0.3) is 27.6 Å². The van der Waals surface area contributed by atoms with E-state index in [1.807, 2.05) is 96.7 Å². The lowest BCUT2D eigenvalue weighted by Gasteiger charge is -2.05. The van der Waals surface area contributed by atoms with E-state index in [4.69, 9.17) is 5.10 Å². The fraction of sp³-hybridized carbons (Fsp3) is 0.0769. The van der Waals surface area contributed by atoms with E-state index in [1.54, 1.807) is 6.20 Å². The minimum atomic E-state index is -0.154. The van der Waals surface area contributed by atoms with E-state index in [9.17, 15) is 4.79 Å². The molecule has 33 heavy (non-hydrogen) atoms. The summed E-state index contributed by atoms with van der Waals surface area (Å²) in [5, 5.41) is 8.60. The summed E-state index contributed by atoms with van der Waals surface area (Å²) in [6.07, 6.45) is 3.69. The number of benzene rings is 2. The Morgan fingerprint density at radius 1 is 0.970 bits per heavy atom. The van der Waals surface area contributed by atoms with Gasteiger partial charge in [-0.2, -0.15) is 5.10 Å². The number of amides is 1. The second-order valence-corrected chi connectivity index (χ2v) is 8.48. The largest absolute Gasteiger partial charge is 0.347 e. The molecule has 3 aromatic heterocycles. The summed E-state index contributed by atoms with van der Waals surface area (Å²) in [7, 11) is 0. The molecule has 0 saturated heterocycles. The van der Waals surface area contributed by atoms with Crippen molar-refractivity contribution in [3.8, 4) is 27.6 Å². The molecule has 5 aromatic rings. The molecular formula is C26H21N5OS. The lowest BCUT2D eigenvalue weighted by molar-refractivity contribution is 0.0954. The number of hydrogen-bond donors (Lipinski definition) is 1. The lowest BCUT2D eigenvalue weighted by atomic mass is 10.1. The number of aryl methyl sites for hydroxylation is 1. The molecule has 162 valence electrons. The van der Waals surface area contributed by atoms with Gasteiger partial charge in [0.2, 0.25) is 0 Å². The van der Waals surface area contributed by atoms with Gasteiger partial charge in [0.25, 0.3) is 5.91 Å². The van der Waals surface area contributed by atoms with Crippen LogP contribution in [0.15, 0.2) is 91.3 Å². The summed E-state index contributed by atoms with van der Waals surface area (Å²) in [5.74, 6) is -0.154. The van der Waals surface area contributed by atoms with Gasteiger partial charge in [-0.25, -0.2) is 9.67 Å². The van der Waals surface area contributed by atoms with Crippen LogP contribution in [0.3, 0.4) is 0 Å². The molecule has 6 nitrogen and oxygen atoms in total. The molecule has 7 heteroatoms. The van der Waals surface area contributed by atoms with Crippen molar-refractivity contribution in [2.24, 2.45) is 0 Å². The Labute approximate surface area is 195 Å². The van der Waals surface area contributed by atoms with Crippen LogP contribution < -0.4 is 5.32 Å². The molecule has 0 spiro atoms. The average molecular weight is 452 g/mol. The fourth-order valence-corrected chi connectivity index (χ4v) is 4.51. The van der Waals surface area contributed by atoms with Crippen LogP contribution in [0.1, 0.15) is 20.9 Å². The van der Waals surface area contributed by atoms with Gasteiger partial charge in [0.05, 0.1) is 22.8 Å². The van der Waals surface area contributed by atoms with Gasteiger partial charge in [-0.05, 0) is 31.2 Å². The zero-order valence-corrected chi connectivity index (χ0v) is 18.8. The molecule has 0 aliphatic heterocycles. The highest BCUT2D eigenvalue weighted by Gasteiger charge is 2.18. The highest BCUT2D eigenvalue weighted by molar-refractivity contribution is 7.17. The molecule has 0 fully saturated rings. The van der Waals surface area contributed by atoms with E-state index in [0.29, 0.717) is 17.1 Å². The molecule has 2 aromatic carbocycles. The number of thiazole rings is 1. The van der Waals surface area contributed by atoms with E-state index in [1.165, 1.54) is 11.3 Å². The van der Waals surface area contributed by atoms with Crippen LogP contribution >= 0.6 is 11.3 Å². The average Bonchev–Trinajstić information content (AvgIpc) is 3.48. The molecule has 5 rings (SSSR count). The highest BCUT2D eigenvalue weighted by atomic mass is 32.1. The molecule has 3 heterocycles. The van der Waals surface area contributed by atoms with Crippen LogP contribution in [-0.4, -0.2) is 25.7 Å². The number of aromatic nitrogens is 4. The fourth-order valence-electron chi connectivity index (χ4n) is 3.55. The quantitative estimate of drug-likeness (QED) is 0.380. The van der Waals surface area contributed by atoms with Crippen molar-refractivity contribution in [1.29, 1.82) is 0 Å². The Hall–Kier alpha value is -4.10. The number of para-hydroxylation sites is 1. The van der Waals surface area contributed by atoms with Crippen LogP contribution in [0.4, 0.5) is 0 Å². The zero-order chi connectivity index (χ0) is 22.6. The predicted molar refractivity (Wildman–Crippen MR) is 130 cm³/mol. The monoisotopic (exact) mass is 451 g/mol. The maximum Gasteiger partial charge on any atom is 0.263 e. The molecule has 0 aliphatic carbocycles. The van der Waals surface area contributed by atoms with Gasteiger partial charge >= 0.3 is 0 Å². The topological polar surface area (TPSA) is 72.7 Å². The number of carbonyl (C=O) groups is 1. The Balaban J connectivity index is 1.41. The summed E-state index contributed by atoms with van der Waals surface area (Å²) in [4.78, 5) is 22.5. The van der Waals surface area contributed by atoms with Crippen molar-refractivity contribution in [2.45, 2.75) is 13.5 Å². The molecule has 1 amide bonds. The maximum atomic E-state index is 13.0. The first-order chi connectivity index (χ1) is 16.2. The van der Waals surface area contributed by atoms with Crippen molar-refractivity contribution in [3.05, 3.63) is 107 Å². The Morgan fingerprint density at radius 2 is 1.70 bits per heavy atom. The third kappa shape index (κ3) is 4.44. The summed E-state index contributed by atoms with van der Waals surface area (Å²) in [6.45, 7) is 2.20. The van der Waals surface area contributed by atoms with E-state index in [2.05, 4.69) is 15.3 Å². The third-order valence-corrected chi connectivity index (χ3v) is 6.36. The standard InChI is InChI=1S/C26H21N5OS/c1-18-24(33-26(29-18)22-14-8-9-15-27-22)25(32)28-16-20-17-31(21-12-6-3-7-13-21)30-23(20)19-10-4-2-5-11-19/h2-15,17H,16H2,1H3,(H,28,32). The number of nitrogens with one attached hydrogen (secondary N) is 1. The van der Waals surface area contributed by atoms with Crippen LogP contribution in [0, 0.1) is 6.92 Å². The minimum Gasteiger partial charge on any atom is -0.347 e. The molecule has 0 saturated carbocycles. The molecule has 0 radical (unpaired) electrons. The van der Waals surface area contributed by atoms with Gasteiger partial charge in [0.1, 0.15) is 9.88 Å². The normalized spacial score (nSPS) is 10.8. The molecule has 0 bridgehead atoms. The summed E-state index contributed by atoms with van der Waals surface area (Å²) < 4.78 is 1.85. The van der Waals surface area contributed by atoms with Crippen molar-refractivity contribution < 1.29 is 4.79 Å². The summed E-state index contributed by atoms with van der Waals surface area (Å²) in [6, 6.07) is 25.6. The molecule has 0 aliphatic rings. The van der Waals surface area contributed by atoms with Crippen LogP contribution in [0.2, 0.25) is 0 Å². The Bertz CT molecular complexity index is 1380. The number of rotatable bonds is 6. The molecule has 0 atom stereocenters. The Morgan fingerprint density at radius 3 is 2.42 bits per heavy atom. The van der Waals surface area contributed by atoms with Gasteiger partial charge in [-0.15, -0.1) is 11.3 Å². The predicted octanol–water partition coefficient (Wildman–Crippen LogP) is 5.30. The number of pyridine rings is 1. The first-order valence-corrected chi connectivity index (χ1v) is 11.4. The van der Waals surface area contributed by atoms with Gasteiger partial charge < -0.3 is 5.32 Å². The summed E-state index contributed by atoms with van der Waals surface area (Å²) >= 11 is 1.35. The van der Waals surface area contributed by atoms with Crippen LogP contribution in [-0.2, 0) is 6.54 Å². The van der Waals surface area contributed by atoms with E-state index in [0.717, 1.165) is 33.2 Å². The van der Waals surface area contributed by atoms with E-state index < -0.39 is 0 Å². The SMILES string of the molecule is Cc1nc(-c2ccccn2)sc1C(=O)NCc1cn(-c2ccccc2)nc1-c1ccccc1. The Kier molecular flexibility index (Phi) is 5.78. The second-order valence-electron chi connectivity index (χ2n) is 7.48. The molecule has 1 N–H and O–H groups in total. The number of nitrogens with zero attached hydrogens (tertiary/aromatic N) is 4. The van der Waals surface area contributed by atoms with Gasteiger partial charge in [0.15, 0.2) is 0 Å². The lowest BCUT2D eigenvalue weighted by Crippen LogP contribution is -2.22. The number of hydrogen-bond acceptors (Lipinski definition) is 5. The first kappa shape index (κ1) is 20.8. The van der Waals surface area contributed by atoms with Crippen molar-refractivity contribution in [1.82, 2.24) is 25.1 Å². The molecular weight excluding hydrogens is 430 g/mol. The summed E-state index contributed by atoms with van der Waals surface area (Å²) in [5.41, 5.74) is 5.20. The maximum absolute atomic E-state index is 13.0. The first-order valence-electron chi connectivity index (χ1n) is 10.6. The van der Waals surface area contributed by atoms with E-state index in [-0.39, 0.29) is 5.91 Å². The van der Waals surface area contributed by atoms with Gasteiger partial charge in [0, 0.05) is 30.1 Å². The van der Waals surface area contributed by atoms with E-state index >= 15 is 0 Å². The van der Waals surface area contributed by atoms with Crippen molar-refractivity contribution in [2.75, 3.05) is 0 Å². The second kappa shape index (κ2) is 9.18. The third-order valence-electron chi connectivity index (χ3n) is 5.18. The molecule has 0 unspecified atom stereocenters. The smallest absolute Gasteiger partial charge is 0.263 e. The van der Waals surface area contributed by atoms with Crippen molar-refractivity contribution >= 4 is 17.2 Å². The highest BCUT2D eigenvalue weighted by Crippen LogP contribution is 2.27. The van der Waals surface area contributed by atoms with Crippen LogP contribution in [0.5, 0.6) is 0 Å².